The highest BCUT2D eigenvalue weighted by Gasteiger charge is 2.30. The summed E-state index contributed by atoms with van der Waals surface area (Å²) in [5.74, 6) is -0.750. The molecule has 0 radical (unpaired) electrons. The maximum Gasteiger partial charge on any atom is 0.193 e. The highest BCUT2D eigenvalue weighted by atomic mass is 16.7. The molecule has 0 unspecified atom stereocenters. The molecule has 3 nitrogen and oxygen atoms in total. The van der Waals surface area contributed by atoms with E-state index >= 15 is 0 Å². The molecule has 1 aromatic rings. The van der Waals surface area contributed by atoms with Crippen LogP contribution in [0.15, 0.2) is 18.2 Å². The molecule has 0 spiro atoms. The van der Waals surface area contributed by atoms with E-state index in [0.29, 0.717) is 13.2 Å². The summed E-state index contributed by atoms with van der Waals surface area (Å²) in [6.45, 7) is 9.71. The number of aryl methyl sites for hydroxylation is 1. The molecule has 0 atom stereocenters. The predicted octanol–water partition coefficient (Wildman–Crippen LogP) is 4.38. The van der Waals surface area contributed by atoms with Gasteiger partial charge in [0.05, 0.1) is 13.2 Å². The fourth-order valence-corrected chi connectivity index (χ4v) is 2.08. The van der Waals surface area contributed by atoms with Crippen LogP contribution in [0.1, 0.15) is 57.6 Å². The lowest BCUT2D eigenvalue weighted by molar-refractivity contribution is -0.235. The van der Waals surface area contributed by atoms with Crippen molar-refractivity contribution in [2.45, 2.75) is 59.2 Å². The van der Waals surface area contributed by atoms with Crippen LogP contribution in [0.4, 0.5) is 5.69 Å². The Morgan fingerprint density at radius 3 is 2.10 bits per heavy atom. The lowest BCUT2D eigenvalue weighted by atomic mass is 10.0. The highest BCUT2D eigenvalue weighted by molar-refractivity contribution is 5.50. The molecule has 114 valence electrons. The summed E-state index contributed by atoms with van der Waals surface area (Å²) in [5.41, 5.74) is 8.95. The second-order valence-corrected chi connectivity index (χ2v) is 5.44. The van der Waals surface area contributed by atoms with E-state index in [1.54, 1.807) is 0 Å². The van der Waals surface area contributed by atoms with Gasteiger partial charge in [0.1, 0.15) is 0 Å². The summed E-state index contributed by atoms with van der Waals surface area (Å²) in [6, 6.07) is 6.00. The largest absolute Gasteiger partial charge is 0.398 e. The van der Waals surface area contributed by atoms with Gasteiger partial charge in [-0.2, -0.15) is 0 Å². The summed E-state index contributed by atoms with van der Waals surface area (Å²) in [5, 5.41) is 0. The summed E-state index contributed by atoms with van der Waals surface area (Å²) in [7, 11) is 0. The number of rotatable bonds is 9. The maximum absolute atomic E-state index is 6.12. The van der Waals surface area contributed by atoms with E-state index in [-0.39, 0.29) is 0 Å². The van der Waals surface area contributed by atoms with Gasteiger partial charge < -0.3 is 15.2 Å². The number of unbranched alkanes of at least 4 members (excludes halogenated alkanes) is 2. The van der Waals surface area contributed by atoms with Crippen molar-refractivity contribution in [2.24, 2.45) is 0 Å². The molecular formula is C17H29NO2. The van der Waals surface area contributed by atoms with Crippen LogP contribution in [0, 0.1) is 6.92 Å². The zero-order valence-electron chi connectivity index (χ0n) is 13.4. The summed E-state index contributed by atoms with van der Waals surface area (Å²) in [4.78, 5) is 0. The fourth-order valence-electron chi connectivity index (χ4n) is 2.08. The van der Waals surface area contributed by atoms with Crippen molar-refractivity contribution in [3.63, 3.8) is 0 Å². The van der Waals surface area contributed by atoms with Crippen molar-refractivity contribution >= 4 is 5.69 Å². The first-order valence-electron chi connectivity index (χ1n) is 7.68. The molecule has 3 heteroatoms. The SMILES string of the molecule is CCCCOC(C)(OCCCC)c1cc(C)ccc1N. The van der Waals surface area contributed by atoms with Gasteiger partial charge in [0.25, 0.3) is 0 Å². The van der Waals surface area contributed by atoms with Crippen LogP contribution in [0.5, 0.6) is 0 Å². The van der Waals surface area contributed by atoms with E-state index in [4.69, 9.17) is 15.2 Å². The highest BCUT2D eigenvalue weighted by Crippen LogP contribution is 2.32. The average Bonchev–Trinajstić information content (AvgIpc) is 2.42. The Hall–Kier alpha value is -1.06. The van der Waals surface area contributed by atoms with Gasteiger partial charge in [-0.3, -0.25) is 0 Å². The number of nitrogens with two attached hydrogens (primary N) is 1. The molecule has 0 aliphatic carbocycles. The van der Waals surface area contributed by atoms with Crippen LogP contribution in [-0.2, 0) is 15.3 Å². The molecule has 0 saturated carbocycles. The Kier molecular flexibility index (Phi) is 7.03. The molecule has 0 aliphatic heterocycles. The number of hydrogen-bond donors (Lipinski definition) is 1. The van der Waals surface area contributed by atoms with Gasteiger partial charge in [-0.15, -0.1) is 0 Å². The van der Waals surface area contributed by atoms with E-state index in [9.17, 15) is 0 Å². The first-order chi connectivity index (χ1) is 9.53. The third-order valence-corrected chi connectivity index (χ3v) is 3.45. The summed E-state index contributed by atoms with van der Waals surface area (Å²) in [6.07, 6.45) is 4.26. The van der Waals surface area contributed by atoms with Gasteiger partial charge in [0.2, 0.25) is 0 Å². The second kappa shape index (κ2) is 8.28. The van der Waals surface area contributed by atoms with Crippen molar-refractivity contribution in [1.29, 1.82) is 0 Å². The minimum absolute atomic E-state index is 0.687. The minimum atomic E-state index is -0.750. The molecule has 0 aliphatic rings. The van der Waals surface area contributed by atoms with E-state index in [1.807, 2.05) is 19.1 Å². The molecular weight excluding hydrogens is 250 g/mol. The monoisotopic (exact) mass is 279 g/mol. The average molecular weight is 279 g/mol. The maximum atomic E-state index is 6.12. The standard InChI is InChI=1S/C17H29NO2/c1-5-7-11-19-17(4,20-12-8-6-2)15-13-14(3)9-10-16(15)18/h9-10,13H,5-8,11-12,18H2,1-4H3. The van der Waals surface area contributed by atoms with E-state index in [2.05, 4.69) is 26.8 Å². The Bertz CT molecular complexity index is 394. The van der Waals surface area contributed by atoms with Crippen LogP contribution in [-0.4, -0.2) is 13.2 Å². The van der Waals surface area contributed by atoms with Crippen molar-refractivity contribution in [2.75, 3.05) is 18.9 Å². The lowest BCUT2D eigenvalue weighted by Crippen LogP contribution is -2.31. The third kappa shape index (κ3) is 4.80. The van der Waals surface area contributed by atoms with Crippen molar-refractivity contribution in [3.05, 3.63) is 29.3 Å². The van der Waals surface area contributed by atoms with Gasteiger partial charge in [-0.25, -0.2) is 0 Å². The molecule has 0 aromatic heterocycles. The number of nitrogen functional groups attached to an aromatic ring is 1. The Labute approximate surface area is 123 Å². The topological polar surface area (TPSA) is 44.5 Å². The molecule has 0 saturated heterocycles. The molecule has 0 bridgehead atoms. The summed E-state index contributed by atoms with van der Waals surface area (Å²) >= 11 is 0. The molecule has 2 N–H and O–H groups in total. The summed E-state index contributed by atoms with van der Waals surface area (Å²) < 4.78 is 12.1. The van der Waals surface area contributed by atoms with E-state index < -0.39 is 5.79 Å². The smallest absolute Gasteiger partial charge is 0.193 e. The fraction of sp³-hybridized carbons (Fsp3) is 0.647. The molecule has 0 amide bonds. The van der Waals surface area contributed by atoms with E-state index in [1.165, 1.54) is 5.56 Å². The van der Waals surface area contributed by atoms with Crippen LogP contribution >= 0.6 is 0 Å². The lowest BCUT2D eigenvalue weighted by Gasteiger charge is -2.32. The molecule has 1 rings (SSSR count). The third-order valence-electron chi connectivity index (χ3n) is 3.45. The van der Waals surface area contributed by atoms with Gasteiger partial charge in [0.15, 0.2) is 5.79 Å². The molecule has 0 heterocycles. The predicted molar refractivity (Wildman–Crippen MR) is 84.7 cm³/mol. The van der Waals surface area contributed by atoms with Crippen LogP contribution in [0.25, 0.3) is 0 Å². The quantitative estimate of drug-likeness (QED) is 0.414. The molecule has 20 heavy (non-hydrogen) atoms. The Morgan fingerprint density at radius 1 is 1.05 bits per heavy atom. The normalized spacial score (nSPS) is 11.8. The van der Waals surface area contributed by atoms with Crippen molar-refractivity contribution in [1.82, 2.24) is 0 Å². The van der Waals surface area contributed by atoms with Gasteiger partial charge in [-0.05, 0) is 38.8 Å². The number of ether oxygens (including phenoxy) is 2. The van der Waals surface area contributed by atoms with Gasteiger partial charge >= 0.3 is 0 Å². The number of hydrogen-bond acceptors (Lipinski definition) is 3. The van der Waals surface area contributed by atoms with Crippen LogP contribution < -0.4 is 5.73 Å². The van der Waals surface area contributed by atoms with Gasteiger partial charge in [0, 0.05) is 11.3 Å². The second-order valence-electron chi connectivity index (χ2n) is 5.44. The first kappa shape index (κ1) is 17.0. The van der Waals surface area contributed by atoms with Crippen molar-refractivity contribution < 1.29 is 9.47 Å². The zero-order chi connectivity index (χ0) is 15.0. The van der Waals surface area contributed by atoms with E-state index in [0.717, 1.165) is 36.9 Å². The Morgan fingerprint density at radius 2 is 1.60 bits per heavy atom. The van der Waals surface area contributed by atoms with Crippen LogP contribution in [0.3, 0.4) is 0 Å². The Balaban J connectivity index is 2.91. The van der Waals surface area contributed by atoms with Crippen molar-refractivity contribution in [3.8, 4) is 0 Å². The zero-order valence-corrected chi connectivity index (χ0v) is 13.4. The van der Waals surface area contributed by atoms with Gasteiger partial charge in [-0.1, -0.05) is 38.3 Å². The first-order valence-corrected chi connectivity index (χ1v) is 7.68. The number of anilines is 1. The molecule has 1 aromatic carbocycles. The molecule has 0 fully saturated rings. The van der Waals surface area contributed by atoms with Crippen LogP contribution in [0.2, 0.25) is 0 Å². The number of benzene rings is 1. The minimum Gasteiger partial charge on any atom is -0.398 e.